The second-order valence-electron chi connectivity index (χ2n) is 6.64. The van der Waals surface area contributed by atoms with Crippen LogP contribution in [0.3, 0.4) is 0 Å². The van der Waals surface area contributed by atoms with Gasteiger partial charge in [-0.2, -0.15) is 5.10 Å². The van der Waals surface area contributed by atoms with Crippen LogP contribution >= 0.6 is 0 Å². The molecule has 0 aliphatic rings. The number of nitrogens with zero attached hydrogens (tertiary/aromatic N) is 1. The number of benzene rings is 3. The van der Waals surface area contributed by atoms with Crippen LogP contribution < -0.4 is 19.6 Å². The average molecular weight is 420 g/mol. The van der Waals surface area contributed by atoms with Crippen molar-refractivity contribution in [1.82, 2.24) is 5.43 Å². The van der Waals surface area contributed by atoms with Crippen molar-refractivity contribution in [3.05, 3.63) is 89.5 Å². The molecule has 0 spiro atoms. The number of hydrazone groups is 1. The first-order chi connectivity index (χ1) is 15.0. The Labute approximate surface area is 180 Å². The zero-order valence-corrected chi connectivity index (χ0v) is 17.5. The van der Waals surface area contributed by atoms with Gasteiger partial charge in [0.05, 0.1) is 27.5 Å². The van der Waals surface area contributed by atoms with Gasteiger partial charge >= 0.3 is 0 Å². The SMILES string of the molecule is COc1ccc(/C=N\NC(=O)C(O)(c2ccc(OC)cc2)c2ccc(OC)cc2)cc1. The van der Waals surface area contributed by atoms with Crippen molar-refractivity contribution in [3.63, 3.8) is 0 Å². The lowest BCUT2D eigenvalue weighted by atomic mass is 9.85. The number of hydrogen-bond acceptors (Lipinski definition) is 6. The molecule has 0 aliphatic carbocycles. The van der Waals surface area contributed by atoms with E-state index in [0.717, 1.165) is 11.3 Å². The molecule has 31 heavy (non-hydrogen) atoms. The maximum absolute atomic E-state index is 13.1. The fourth-order valence-corrected chi connectivity index (χ4v) is 3.03. The van der Waals surface area contributed by atoms with Crippen molar-refractivity contribution in [2.24, 2.45) is 5.10 Å². The van der Waals surface area contributed by atoms with Crippen LogP contribution in [0, 0.1) is 0 Å². The van der Waals surface area contributed by atoms with E-state index in [4.69, 9.17) is 14.2 Å². The molecular formula is C24H24N2O5. The number of carbonyl (C=O) groups is 1. The number of aliphatic hydroxyl groups is 1. The summed E-state index contributed by atoms with van der Waals surface area (Å²) in [6.45, 7) is 0. The van der Waals surface area contributed by atoms with Crippen molar-refractivity contribution >= 4 is 12.1 Å². The minimum Gasteiger partial charge on any atom is -0.497 e. The summed E-state index contributed by atoms with van der Waals surface area (Å²) < 4.78 is 15.5. The van der Waals surface area contributed by atoms with E-state index in [1.807, 2.05) is 0 Å². The highest BCUT2D eigenvalue weighted by Crippen LogP contribution is 2.32. The van der Waals surface area contributed by atoms with E-state index < -0.39 is 11.5 Å². The molecule has 3 aromatic carbocycles. The van der Waals surface area contributed by atoms with Gasteiger partial charge in [-0.3, -0.25) is 4.79 Å². The summed E-state index contributed by atoms with van der Waals surface area (Å²) in [4.78, 5) is 13.1. The average Bonchev–Trinajstić information content (AvgIpc) is 2.84. The molecule has 1 amide bonds. The largest absolute Gasteiger partial charge is 0.497 e. The second kappa shape index (κ2) is 9.77. The lowest BCUT2D eigenvalue weighted by Gasteiger charge is -2.27. The lowest BCUT2D eigenvalue weighted by molar-refractivity contribution is -0.136. The van der Waals surface area contributed by atoms with E-state index in [0.29, 0.717) is 22.6 Å². The molecule has 0 aliphatic heterocycles. The first-order valence-electron chi connectivity index (χ1n) is 9.50. The molecule has 0 fully saturated rings. The molecule has 2 N–H and O–H groups in total. The van der Waals surface area contributed by atoms with Crippen LogP contribution in [0.25, 0.3) is 0 Å². The van der Waals surface area contributed by atoms with Crippen LogP contribution in [0.2, 0.25) is 0 Å². The number of methoxy groups -OCH3 is 3. The van der Waals surface area contributed by atoms with E-state index in [1.54, 1.807) is 94.1 Å². The molecule has 0 atom stereocenters. The van der Waals surface area contributed by atoms with Crippen LogP contribution in [-0.4, -0.2) is 38.6 Å². The van der Waals surface area contributed by atoms with E-state index >= 15 is 0 Å². The number of amides is 1. The normalized spacial score (nSPS) is 11.2. The van der Waals surface area contributed by atoms with Gasteiger partial charge in [0.15, 0.2) is 5.60 Å². The zero-order chi connectivity index (χ0) is 22.3. The fraction of sp³-hybridized carbons (Fsp3) is 0.167. The molecule has 160 valence electrons. The maximum Gasteiger partial charge on any atom is 0.281 e. The Bertz CT molecular complexity index is 982. The molecule has 0 unspecified atom stereocenters. The molecule has 0 bridgehead atoms. The predicted molar refractivity (Wildman–Crippen MR) is 118 cm³/mol. The lowest BCUT2D eigenvalue weighted by Crippen LogP contribution is -2.43. The molecule has 3 aromatic rings. The first kappa shape index (κ1) is 21.9. The maximum atomic E-state index is 13.1. The van der Waals surface area contributed by atoms with Crippen molar-refractivity contribution in [3.8, 4) is 17.2 Å². The summed E-state index contributed by atoms with van der Waals surface area (Å²) >= 11 is 0. The Morgan fingerprint density at radius 1 is 0.774 bits per heavy atom. The summed E-state index contributed by atoms with van der Waals surface area (Å²) in [5.41, 5.74) is 1.97. The Kier molecular flexibility index (Phi) is 6.89. The zero-order valence-electron chi connectivity index (χ0n) is 17.5. The number of ether oxygens (including phenoxy) is 3. The Balaban J connectivity index is 1.90. The Hall–Kier alpha value is -3.84. The smallest absolute Gasteiger partial charge is 0.281 e. The van der Waals surface area contributed by atoms with Gasteiger partial charge in [-0.25, -0.2) is 5.43 Å². The second-order valence-corrected chi connectivity index (χ2v) is 6.64. The fourth-order valence-electron chi connectivity index (χ4n) is 3.03. The summed E-state index contributed by atoms with van der Waals surface area (Å²) in [6, 6.07) is 20.4. The summed E-state index contributed by atoms with van der Waals surface area (Å²) in [7, 11) is 4.68. The van der Waals surface area contributed by atoms with E-state index in [-0.39, 0.29) is 0 Å². The predicted octanol–water partition coefficient (Wildman–Crippen LogP) is 3.10. The number of nitrogens with one attached hydrogen (secondary N) is 1. The van der Waals surface area contributed by atoms with Crippen LogP contribution in [0.5, 0.6) is 17.2 Å². The summed E-state index contributed by atoms with van der Waals surface area (Å²) in [6.07, 6.45) is 1.49. The standard InChI is InChI=1S/C24H24N2O5/c1-29-20-10-4-17(5-11-20)16-25-26-23(27)24(28,18-6-12-21(30-2)13-7-18)19-8-14-22(31-3)15-9-19/h4-16,28H,1-3H3,(H,26,27)/b25-16-. The highest BCUT2D eigenvalue weighted by atomic mass is 16.5. The molecule has 0 heterocycles. The first-order valence-corrected chi connectivity index (χ1v) is 9.50. The van der Waals surface area contributed by atoms with Crippen molar-refractivity contribution < 1.29 is 24.1 Å². The van der Waals surface area contributed by atoms with Gasteiger partial charge in [0.25, 0.3) is 5.91 Å². The molecule has 7 nitrogen and oxygen atoms in total. The topological polar surface area (TPSA) is 89.4 Å². The minimum absolute atomic E-state index is 0.371. The van der Waals surface area contributed by atoms with Gasteiger partial charge in [-0.15, -0.1) is 0 Å². The third kappa shape index (κ3) is 4.84. The Morgan fingerprint density at radius 3 is 1.55 bits per heavy atom. The van der Waals surface area contributed by atoms with Gasteiger partial charge in [0.1, 0.15) is 17.2 Å². The van der Waals surface area contributed by atoms with Crippen LogP contribution in [0.4, 0.5) is 0 Å². The van der Waals surface area contributed by atoms with Gasteiger partial charge in [0.2, 0.25) is 0 Å². The highest BCUT2D eigenvalue weighted by Gasteiger charge is 2.40. The monoisotopic (exact) mass is 420 g/mol. The van der Waals surface area contributed by atoms with Gasteiger partial charge in [-0.1, -0.05) is 24.3 Å². The molecule has 3 rings (SSSR count). The summed E-state index contributed by atoms with van der Waals surface area (Å²) in [5.74, 6) is 1.24. The van der Waals surface area contributed by atoms with Crippen LogP contribution in [0.1, 0.15) is 16.7 Å². The van der Waals surface area contributed by atoms with E-state index in [1.165, 1.54) is 6.21 Å². The minimum atomic E-state index is -1.98. The molecule has 0 saturated carbocycles. The quantitative estimate of drug-likeness (QED) is 0.432. The Morgan fingerprint density at radius 2 is 1.16 bits per heavy atom. The molecule has 0 radical (unpaired) electrons. The van der Waals surface area contributed by atoms with Gasteiger partial charge in [0, 0.05) is 0 Å². The third-order valence-electron chi connectivity index (χ3n) is 4.84. The molecule has 0 saturated heterocycles. The number of hydrogen-bond donors (Lipinski definition) is 2. The van der Waals surface area contributed by atoms with Gasteiger partial charge in [-0.05, 0) is 65.2 Å². The van der Waals surface area contributed by atoms with Crippen LogP contribution in [0.15, 0.2) is 77.9 Å². The van der Waals surface area contributed by atoms with Crippen molar-refractivity contribution in [1.29, 1.82) is 0 Å². The van der Waals surface area contributed by atoms with Gasteiger partial charge < -0.3 is 19.3 Å². The summed E-state index contributed by atoms with van der Waals surface area (Å²) in [5, 5.41) is 15.5. The van der Waals surface area contributed by atoms with Crippen molar-refractivity contribution in [2.75, 3.05) is 21.3 Å². The van der Waals surface area contributed by atoms with Crippen LogP contribution in [-0.2, 0) is 10.4 Å². The molecule has 7 heteroatoms. The van der Waals surface area contributed by atoms with E-state index in [9.17, 15) is 9.90 Å². The number of carbonyl (C=O) groups excluding carboxylic acids is 1. The number of rotatable bonds is 8. The highest BCUT2D eigenvalue weighted by molar-refractivity contribution is 5.91. The van der Waals surface area contributed by atoms with E-state index in [2.05, 4.69) is 10.5 Å². The molecule has 0 aromatic heterocycles. The van der Waals surface area contributed by atoms with Crippen molar-refractivity contribution in [2.45, 2.75) is 5.60 Å². The third-order valence-corrected chi connectivity index (χ3v) is 4.84. The molecular weight excluding hydrogens is 396 g/mol.